The topological polar surface area (TPSA) is 67.4 Å². The first kappa shape index (κ1) is 14.7. The van der Waals surface area contributed by atoms with Gasteiger partial charge in [0.25, 0.3) is 0 Å². The van der Waals surface area contributed by atoms with Gasteiger partial charge in [0.2, 0.25) is 0 Å². The summed E-state index contributed by atoms with van der Waals surface area (Å²) in [6.07, 6.45) is 0.183. The van der Waals surface area contributed by atoms with Crippen molar-refractivity contribution >= 4 is 12.0 Å². The molecule has 0 rings (SSSR count). The third-order valence-corrected chi connectivity index (χ3v) is 1.45. The smallest absolute Gasteiger partial charge is 0.315 e. The fourth-order valence-electron chi connectivity index (χ4n) is 0.984. The van der Waals surface area contributed by atoms with Crippen LogP contribution in [-0.2, 0) is 9.53 Å². The number of hydrogen-bond donors (Lipinski definition) is 2. The van der Waals surface area contributed by atoms with E-state index in [1.807, 2.05) is 34.6 Å². The summed E-state index contributed by atoms with van der Waals surface area (Å²) in [4.78, 5) is 22.4. The van der Waals surface area contributed by atoms with Crippen LogP contribution in [-0.4, -0.2) is 30.2 Å². The molecule has 0 radical (unpaired) electrons. The Morgan fingerprint density at radius 2 is 1.81 bits per heavy atom. The van der Waals surface area contributed by atoms with Crippen molar-refractivity contribution in [3.05, 3.63) is 0 Å². The van der Waals surface area contributed by atoms with E-state index in [0.717, 1.165) is 0 Å². The molecule has 5 heteroatoms. The number of carbonyl (C=O) groups excluding carboxylic acids is 2. The molecule has 0 aromatic carbocycles. The lowest BCUT2D eigenvalue weighted by molar-refractivity contribution is -0.154. The van der Waals surface area contributed by atoms with E-state index in [1.165, 1.54) is 0 Å². The van der Waals surface area contributed by atoms with E-state index in [9.17, 15) is 9.59 Å². The van der Waals surface area contributed by atoms with Gasteiger partial charge >= 0.3 is 12.0 Å². The molecule has 2 amide bonds. The Morgan fingerprint density at radius 1 is 1.25 bits per heavy atom. The first-order valence-corrected chi connectivity index (χ1v) is 5.47. The van der Waals surface area contributed by atoms with Crippen molar-refractivity contribution in [2.24, 2.45) is 0 Å². The molecular weight excluding hydrogens is 208 g/mol. The SMILES string of the molecule is CC(C)NC(=O)NCCC(=O)OC(C)(C)C. The van der Waals surface area contributed by atoms with Crippen molar-refractivity contribution in [3.63, 3.8) is 0 Å². The van der Waals surface area contributed by atoms with Gasteiger partial charge in [-0.25, -0.2) is 4.79 Å². The molecule has 0 aliphatic carbocycles. The van der Waals surface area contributed by atoms with E-state index < -0.39 is 5.60 Å². The Bertz CT molecular complexity index is 244. The molecule has 0 aliphatic heterocycles. The van der Waals surface area contributed by atoms with E-state index in [1.54, 1.807) is 0 Å². The van der Waals surface area contributed by atoms with Crippen molar-refractivity contribution in [1.82, 2.24) is 10.6 Å². The first-order chi connectivity index (χ1) is 7.20. The maximum absolute atomic E-state index is 11.3. The van der Waals surface area contributed by atoms with Crippen LogP contribution in [0, 0.1) is 0 Å². The minimum atomic E-state index is -0.475. The van der Waals surface area contributed by atoms with Crippen molar-refractivity contribution in [2.75, 3.05) is 6.54 Å². The lowest BCUT2D eigenvalue weighted by Crippen LogP contribution is -2.40. The van der Waals surface area contributed by atoms with Crippen LogP contribution in [0.15, 0.2) is 0 Å². The summed E-state index contributed by atoms with van der Waals surface area (Å²) < 4.78 is 5.09. The highest BCUT2D eigenvalue weighted by Gasteiger charge is 2.15. The predicted octanol–water partition coefficient (Wildman–Crippen LogP) is 1.43. The lowest BCUT2D eigenvalue weighted by Gasteiger charge is -2.19. The molecule has 0 aliphatic rings. The third-order valence-electron chi connectivity index (χ3n) is 1.45. The molecule has 0 spiro atoms. The van der Waals surface area contributed by atoms with E-state index >= 15 is 0 Å². The Balaban J connectivity index is 3.66. The van der Waals surface area contributed by atoms with Crippen LogP contribution in [0.2, 0.25) is 0 Å². The van der Waals surface area contributed by atoms with Gasteiger partial charge in [-0.1, -0.05) is 0 Å². The molecule has 0 saturated carbocycles. The van der Waals surface area contributed by atoms with Gasteiger partial charge in [-0.15, -0.1) is 0 Å². The van der Waals surface area contributed by atoms with E-state index in [0.29, 0.717) is 0 Å². The van der Waals surface area contributed by atoms with Crippen molar-refractivity contribution in [2.45, 2.75) is 52.7 Å². The highest BCUT2D eigenvalue weighted by Crippen LogP contribution is 2.07. The second kappa shape index (κ2) is 6.35. The summed E-state index contributed by atoms with van der Waals surface area (Å²) in [5.41, 5.74) is -0.475. The Kier molecular flexibility index (Phi) is 5.85. The highest BCUT2D eigenvalue weighted by molar-refractivity contribution is 5.75. The van der Waals surface area contributed by atoms with E-state index in [4.69, 9.17) is 4.74 Å². The van der Waals surface area contributed by atoms with Gasteiger partial charge in [-0.3, -0.25) is 4.79 Å². The minimum Gasteiger partial charge on any atom is -0.460 e. The number of ether oxygens (including phenoxy) is 1. The summed E-state index contributed by atoms with van der Waals surface area (Å²) in [6.45, 7) is 9.45. The van der Waals surface area contributed by atoms with Gasteiger partial charge in [0, 0.05) is 12.6 Å². The standard InChI is InChI=1S/C11H22N2O3/c1-8(2)13-10(15)12-7-6-9(14)16-11(3,4)5/h8H,6-7H2,1-5H3,(H2,12,13,15). The highest BCUT2D eigenvalue weighted by atomic mass is 16.6. The minimum absolute atomic E-state index is 0.0847. The number of nitrogens with one attached hydrogen (secondary N) is 2. The number of carbonyl (C=O) groups is 2. The monoisotopic (exact) mass is 230 g/mol. The largest absolute Gasteiger partial charge is 0.460 e. The van der Waals surface area contributed by atoms with Crippen LogP contribution in [0.3, 0.4) is 0 Å². The maximum atomic E-state index is 11.3. The normalized spacial score (nSPS) is 11.1. The van der Waals surface area contributed by atoms with Crippen LogP contribution in [0.5, 0.6) is 0 Å². The molecule has 0 saturated heterocycles. The second-order valence-electron chi connectivity index (χ2n) is 4.89. The number of urea groups is 1. The third kappa shape index (κ3) is 9.30. The van der Waals surface area contributed by atoms with Gasteiger partial charge in [0.05, 0.1) is 6.42 Å². The molecule has 0 aromatic heterocycles. The molecule has 0 unspecified atom stereocenters. The lowest BCUT2D eigenvalue weighted by atomic mass is 10.2. The number of rotatable bonds is 4. The van der Waals surface area contributed by atoms with Gasteiger partial charge in [-0.05, 0) is 34.6 Å². The molecule has 94 valence electrons. The second-order valence-corrected chi connectivity index (χ2v) is 4.89. The maximum Gasteiger partial charge on any atom is 0.315 e. The summed E-state index contributed by atoms with van der Waals surface area (Å²) in [5, 5.41) is 5.24. The molecule has 0 bridgehead atoms. The molecule has 0 atom stereocenters. The van der Waals surface area contributed by atoms with E-state index in [-0.39, 0.29) is 31.0 Å². The Labute approximate surface area is 96.9 Å². The fraction of sp³-hybridized carbons (Fsp3) is 0.818. The van der Waals surface area contributed by atoms with Crippen LogP contribution in [0.1, 0.15) is 41.0 Å². The molecule has 0 fully saturated rings. The Morgan fingerprint density at radius 3 is 2.25 bits per heavy atom. The summed E-state index contributed by atoms with van der Waals surface area (Å²) >= 11 is 0. The number of hydrogen-bond acceptors (Lipinski definition) is 3. The van der Waals surface area contributed by atoms with Crippen molar-refractivity contribution < 1.29 is 14.3 Å². The zero-order chi connectivity index (χ0) is 12.8. The average molecular weight is 230 g/mol. The zero-order valence-corrected chi connectivity index (χ0v) is 10.7. The molecule has 2 N–H and O–H groups in total. The molecule has 16 heavy (non-hydrogen) atoms. The van der Waals surface area contributed by atoms with Crippen molar-refractivity contribution in [3.8, 4) is 0 Å². The van der Waals surface area contributed by atoms with E-state index in [2.05, 4.69) is 10.6 Å². The van der Waals surface area contributed by atoms with Gasteiger partial charge in [0.15, 0.2) is 0 Å². The molecular formula is C11H22N2O3. The summed E-state index contributed by atoms with van der Waals surface area (Å²) in [6, 6.07) is -0.180. The van der Waals surface area contributed by atoms with Crippen LogP contribution in [0.25, 0.3) is 0 Å². The summed E-state index contributed by atoms with van der Waals surface area (Å²) in [5.74, 6) is -0.308. The first-order valence-electron chi connectivity index (χ1n) is 5.47. The average Bonchev–Trinajstić information content (AvgIpc) is 1.98. The predicted molar refractivity (Wildman–Crippen MR) is 62.1 cm³/mol. The molecule has 0 heterocycles. The van der Waals surface area contributed by atoms with Crippen LogP contribution in [0.4, 0.5) is 4.79 Å². The van der Waals surface area contributed by atoms with Crippen molar-refractivity contribution in [1.29, 1.82) is 0 Å². The van der Waals surface area contributed by atoms with Crippen LogP contribution < -0.4 is 10.6 Å². The quantitative estimate of drug-likeness (QED) is 0.718. The van der Waals surface area contributed by atoms with Gasteiger partial charge in [0.1, 0.15) is 5.60 Å². The summed E-state index contributed by atoms with van der Waals surface area (Å²) in [7, 11) is 0. The molecule has 0 aromatic rings. The number of amides is 2. The molecule has 5 nitrogen and oxygen atoms in total. The Hall–Kier alpha value is -1.26. The number of esters is 1. The van der Waals surface area contributed by atoms with Gasteiger partial charge < -0.3 is 15.4 Å². The van der Waals surface area contributed by atoms with Crippen LogP contribution >= 0.6 is 0 Å². The fourth-order valence-corrected chi connectivity index (χ4v) is 0.984. The van der Waals surface area contributed by atoms with Gasteiger partial charge in [-0.2, -0.15) is 0 Å². The zero-order valence-electron chi connectivity index (χ0n) is 10.7.